The molecule has 3 N–H and O–H groups in total. The maximum absolute atomic E-state index is 11.8. The average molecular weight is 303 g/mol. The van der Waals surface area contributed by atoms with Crippen molar-refractivity contribution in [3.63, 3.8) is 0 Å². The molecule has 0 aromatic heterocycles. The quantitative estimate of drug-likeness (QED) is 0.839. The number of carbonyl (C=O) groups excluding carboxylic acids is 1. The lowest BCUT2D eigenvalue weighted by molar-refractivity contribution is -0.125. The lowest BCUT2D eigenvalue weighted by Gasteiger charge is -2.17. The predicted molar refractivity (Wildman–Crippen MR) is 81.5 cm³/mol. The summed E-state index contributed by atoms with van der Waals surface area (Å²) < 4.78 is 10.5. The molecule has 0 fully saturated rings. The van der Waals surface area contributed by atoms with Crippen LogP contribution >= 0.6 is 12.4 Å². The fourth-order valence-electron chi connectivity index (χ4n) is 1.68. The number of ether oxygens (including phenoxy) is 2. The number of hydrogen-bond donors (Lipinski definition) is 2. The van der Waals surface area contributed by atoms with E-state index in [1.54, 1.807) is 14.2 Å². The normalized spacial score (nSPS) is 12.8. The van der Waals surface area contributed by atoms with Gasteiger partial charge in [0.25, 0.3) is 0 Å². The van der Waals surface area contributed by atoms with E-state index in [1.165, 1.54) is 0 Å². The van der Waals surface area contributed by atoms with E-state index in [1.807, 2.05) is 32.0 Å². The molecule has 1 aromatic rings. The first-order valence-corrected chi connectivity index (χ1v) is 6.24. The summed E-state index contributed by atoms with van der Waals surface area (Å²) in [5.41, 5.74) is 6.57. The molecule has 6 heteroatoms. The third kappa shape index (κ3) is 4.58. The van der Waals surface area contributed by atoms with Crippen molar-refractivity contribution >= 4 is 18.3 Å². The molecular formula is C14H23ClN2O3. The highest BCUT2D eigenvalue weighted by Gasteiger charge is 2.17. The highest BCUT2D eigenvalue weighted by atomic mass is 35.5. The Morgan fingerprint density at radius 3 is 2.45 bits per heavy atom. The van der Waals surface area contributed by atoms with Gasteiger partial charge in [-0.15, -0.1) is 12.4 Å². The lowest BCUT2D eigenvalue weighted by atomic mass is 10.0. The SMILES string of the molecule is COc1cccc(CNC(=O)C(C)C(C)N)c1OC.Cl. The standard InChI is InChI=1S/C14H22N2O3.ClH/c1-9(10(2)15)14(17)16-8-11-6-5-7-12(18-3)13(11)19-4;/h5-7,9-10H,8,15H2,1-4H3,(H,16,17);1H. The summed E-state index contributed by atoms with van der Waals surface area (Å²) >= 11 is 0. The second kappa shape index (κ2) is 8.66. The minimum absolute atomic E-state index is 0. The van der Waals surface area contributed by atoms with Crippen molar-refractivity contribution in [3.8, 4) is 11.5 Å². The Kier molecular flexibility index (Phi) is 8.03. The number of nitrogens with one attached hydrogen (secondary N) is 1. The van der Waals surface area contributed by atoms with Crippen LogP contribution in [0.25, 0.3) is 0 Å². The van der Waals surface area contributed by atoms with Crippen molar-refractivity contribution in [1.82, 2.24) is 5.32 Å². The summed E-state index contributed by atoms with van der Waals surface area (Å²) in [5, 5.41) is 2.85. The second-order valence-electron chi connectivity index (χ2n) is 4.52. The number of nitrogens with two attached hydrogens (primary N) is 1. The van der Waals surface area contributed by atoms with Gasteiger partial charge in [0.2, 0.25) is 5.91 Å². The van der Waals surface area contributed by atoms with Crippen LogP contribution in [0.15, 0.2) is 18.2 Å². The van der Waals surface area contributed by atoms with Crippen LogP contribution in [0, 0.1) is 5.92 Å². The molecule has 0 heterocycles. The number of amides is 1. The van der Waals surface area contributed by atoms with E-state index in [0.717, 1.165) is 5.56 Å². The van der Waals surface area contributed by atoms with E-state index >= 15 is 0 Å². The lowest BCUT2D eigenvalue weighted by Crippen LogP contribution is -2.38. The van der Waals surface area contributed by atoms with Gasteiger partial charge in [-0.25, -0.2) is 0 Å². The molecule has 2 atom stereocenters. The van der Waals surface area contributed by atoms with Crippen molar-refractivity contribution < 1.29 is 14.3 Å². The van der Waals surface area contributed by atoms with Crippen LogP contribution < -0.4 is 20.5 Å². The molecule has 0 radical (unpaired) electrons. The van der Waals surface area contributed by atoms with Crippen LogP contribution in [0.3, 0.4) is 0 Å². The van der Waals surface area contributed by atoms with Gasteiger partial charge in [0.05, 0.1) is 14.2 Å². The number of benzene rings is 1. The van der Waals surface area contributed by atoms with Gasteiger partial charge in [0, 0.05) is 24.1 Å². The first-order chi connectivity index (χ1) is 9.01. The van der Waals surface area contributed by atoms with E-state index in [0.29, 0.717) is 18.0 Å². The molecular weight excluding hydrogens is 280 g/mol. The molecule has 1 rings (SSSR count). The number of methoxy groups -OCH3 is 2. The molecule has 0 aliphatic carbocycles. The predicted octanol–water partition coefficient (Wildman–Crippen LogP) is 1.73. The van der Waals surface area contributed by atoms with Crippen LogP contribution in [0.4, 0.5) is 0 Å². The molecule has 0 saturated carbocycles. The molecule has 1 amide bonds. The third-order valence-electron chi connectivity index (χ3n) is 3.14. The zero-order chi connectivity index (χ0) is 14.4. The zero-order valence-electron chi connectivity index (χ0n) is 12.3. The van der Waals surface area contributed by atoms with Gasteiger partial charge in [-0.1, -0.05) is 19.1 Å². The summed E-state index contributed by atoms with van der Waals surface area (Å²) in [7, 11) is 3.16. The zero-order valence-corrected chi connectivity index (χ0v) is 13.1. The number of para-hydroxylation sites is 1. The van der Waals surface area contributed by atoms with Crippen LogP contribution in [0.5, 0.6) is 11.5 Å². The maximum Gasteiger partial charge on any atom is 0.224 e. The van der Waals surface area contributed by atoms with Crippen LogP contribution in [-0.2, 0) is 11.3 Å². The van der Waals surface area contributed by atoms with Gasteiger partial charge >= 0.3 is 0 Å². The minimum Gasteiger partial charge on any atom is -0.493 e. The second-order valence-corrected chi connectivity index (χ2v) is 4.52. The van der Waals surface area contributed by atoms with E-state index < -0.39 is 0 Å². The first kappa shape index (κ1) is 18.5. The van der Waals surface area contributed by atoms with E-state index in [2.05, 4.69) is 5.32 Å². The van der Waals surface area contributed by atoms with Crippen molar-refractivity contribution in [2.75, 3.05) is 14.2 Å². The molecule has 1 aromatic carbocycles. The maximum atomic E-state index is 11.8. The van der Waals surface area contributed by atoms with E-state index in [9.17, 15) is 4.79 Å². The Morgan fingerprint density at radius 2 is 1.95 bits per heavy atom. The van der Waals surface area contributed by atoms with Gasteiger partial charge in [-0.3, -0.25) is 4.79 Å². The van der Waals surface area contributed by atoms with Crippen molar-refractivity contribution in [3.05, 3.63) is 23.8 Å². The Bertz CT molecular complexity index is 438. The van der Waals surface area contributed by atoms with Crippen molar-refractivity contribution in [2.45, 2.75) is 26.4 Å². The van der Waals surface area contributed by atoms with Crippen LogP contribution in [0.1, 0.15) is 19.4 Å². The third-order valence-corrected chi connectivity index (χ3v) is 3.14. The van der Waals surface area contributed by atoms with Gasteiger partial charge < -0.3 is 20.5 Å². The molecule has 0 spiro atoms. The van der Waals surface area contributed by atoms with Crippen LogP contribution in [-0.4, -0.2) is 26.2 Å². The summed E-state index contributed by atoms with van der Waals surface area (Å²) in [6, 6.07) is 5.39. The number of rotatable bonds is 6. The van der Waals surface area contributed by atoms with Crippen molar-refractivity contribution in [1.29, 1.82) is 0 Å². The molecule has 5 nitrogen and oxygen atoms in total. The Hall–Kier alpha value is -1.46. The Balaban J connectivity index is 0.00000361. The van der Waals surface area contributed by atoms with Gasteiger partial charge in [-0.2, -0.15) is 0 Å². The fourth-order valence-corrected chi connectivity index (χ4v) is 1.68. The van der Waals surface area contributed by atoms with Gasteiger partial charge in [0.1, 0.15) is 0 Å². The Labute approximate surface area is 126 Å². The molecule has 114 valence electrons. The molecule has 0 bridgehead atoms. The van der Waals surface area contributed by atoms with E-state index in [4.69, 9.17) is 15.2 Å². The van der Waals surface area contributed by atoms with E-state index in [-0.39, 0.29) is 30.3 Å². The fraction of sp³-hybridized carbons (Fsp3) is 0.500. The topological polar surface area (TPSA) is 73.6 Å². The summed E-state index contributed by atoms with van der Waals surface area (Å²) in [6.07, 6.45) is 0. The summed E-state index contributed by atoms with van der Waals surface area (Å²) in [6.45, 7) is 4.01. The molecule has 0 aliphatic rings. The minimum atomic E-state index is -0.225. The number of carbonyl (C=O) groups is 1. The summed E-state index contributed by atoms with van der Waals surface area (Å²) in [5.74, 6) is 0.990. The molecule has 2 unspecified atom stereocenters. The molecule has 0 saturated heterocycles. The monoisotopic (exact) mass is 302 g/mol. The summed E-state index contributed by atoms with van der Waals surface area (Å²) in [4.78, 5) is 11.8. The number of halogens is 1. The Morgan fingerprint density at radius 1 is 1.30 bits per heavy atom. The average Bonchev–Trinajstić information content (AvgIpc) is 2.42. The molecule has 20 heavy (non-hydrogen) atoms. The molecule has 0 aliphatic heterocycles. The highest BCUT2D eigenvalue weighted by Crippen LogP contribution is 2.30. The first-order valence-electron chi connectivity index (χ1n) is 6.24. The van der Waals surface area contributed by atoms with Gasteiger partial charge in [0.15, 0.2) is 11.5 Å². The van der Waals surface area contributed by atoms with Gasteiger partial charge in [-0.05, 0) is 13.0 Å². The smallest absolute Gasteiger partial charge is 0.224 e. The number of hydrogen-bond acceptors (Lipinski definition) is 4. The van der Waals surface area contributed by atoms with Crippen molar-refractivity contribution in [2.24, 2.45) is 11.7 Å². The highest BCUT2D eigenvalue weighted by molar-refractivity contribution is 5.85. The van der Waals surface area contributed by atoms with Crippen LogP contribution in [0.2, 0.25) is 0 Å². The largest absolute Gasteiger partial charge is 0.493 e.